The van der Waals surface area contributed by atoms with Crippen LogP contribution in [0.2, 0.25) is 0 Å². The van der Waals surface area contributed by atoms with Crippen molar-refractivity contribution in [2.75, 3.05) is 0 Å². The molecule has 1 heterocycles. The molecule has 0 atom stereocenters. The van der Waals surface area contributed by atoms with E-state index >= 15 is 0 Å². The van der Waals surface area contributed by atoms with Gasteiger partial charge in [0.05, 0.1) is 12.1 Å². The van der Waals surface area contributed by atoms with Crippen LogP contribution in [-0.2, 0) is 18.8 Å². The van der Waals surface area contributed by atoms with Crippen molar-refractivity contribution in [2.45, 2.75) is 25.3 Å². The molecule has 1 aromatic heterocycles. The first-order valence-corrected chi connectivity index (χ1v) is 6.03. The molecular formula is C13H15ClN2. The number of nitrogens with zero attached hydrogens (tertiary/aromatic N) is 2. The van der Waals surface area contributed by atoms with Gasteiger partial charge in [-0.15, -0.1) is 11.6 Å². The van der Waals surface area contributed by atoms with Crippen LogP contribution in [0.15, 0.2) is 42.7 Å². The molecule has 0 saturated carbocycles. The number of hydrogen-bond acceptors (Lipinski definition) is 1. The highest BCUT2D eigenvalue weighted by Gasteiger charge is 1.97. The largest absolute Gasteiger partial charge is 0.272 e. The van der Waals surface area contributed by atoms with Gasteiger partial charge in [0, 0.05) is 18.3 Å². The van der Waals surface area contributed by atoms with Crippen LogP contribution in [-0.4, -0.2) is 9.78 Å². The first-order valence-electron chi connectivity index (χ1n) is 5.50. The molecule has 0 bridgehead atoms. The lowest BCUT2D eigenvalue weighted by Crippen LogP contribution is -1.99. The lowest BCUT2D eigenvalue weighted by molar-refractivity contribution is 0.578. The molecule has 0 aliphatic heterocycles. The van der Waals surface area contributed by atoms with Crippen molar-refractivity contribution < 1.29 is 0 Å². The first kappa shape index (κ1) is 11.2. The molecule has 1 aromatic carbocycles. The van der Waals surface area contributed by atoms with Crippen LogP contribution in [0, 0.1) is 0 Å². The van der Waals surface area contributed by atoms with E-state index in [1.807, 2.05) is 23.1 Å². The van der Waals surface area contributed by atoms with Gasteiger partial charge in [0.25, 0.3) is 0 Å². The number of hydrogen-bond donors (Lipinski definition) is 0. The van der Waals surface area contributed by atoms with Gasteiger partial charge in [-0.2, -0.15) is 5.10 Å². The highest BCUT2D eigenvalue weighted by molar-refractivity contribution is 6.17. The highest BCUT2D eigenvalue weighted by Crippen LogP contribution is 2.05. The summed E-state index contributed by atoms with van der Waals surface area (Å²) in [7, 11) is 0. The van der Waals surface area contributed by atoms with Crippen molar-refractivity contribution in [3.05, 3.63) is 53.9 Å². The van der Waals surface area contributed by atoms with Gasteiger partial charge in [-0.3, -0.25) is 4.68 Å². The zero-order valence-corrected chi connectivity index (χ0v) is 9.90. The third-order valence-electron chi connectivity index (χ3n) is 2.54. The van der Waals surface area contributed by atoms with E-state index in [1.165, 1.54) is 5.56 Å². The Morgan fingerprint density at radius 1 is 1.12 bits per heavy atom. The Labute approximate surface area is 101 Å². The van der Waals surface area contributed by atoms with Crippen molar-refractivity contribution >= 4 is 11.6 Å². The summed E-state index contributed by atoms with van der Waals surface area (Å²) in [6, 6.07) is 10.5. The average Bonchev–Trinajstić information content (AvgIpc) is 2.78. The maximum absolute atomic E-state index is 5.72. The fourth-order valence-electron chi connectivity index (χ4n) is 1.69. The van der Waals surface area contributed by atoms with Gasteiger partial charge in [0.15, 0.2) is 0 Å². The van der Waals surface area contributed by atoms with Gasteiger partial charge in [-0.25, -0.2) is 0 Å². The summed E-state index contributed by atoms with van der Waals surface area (Å²) < 4.78 is 1.96. The summed E-state index contributed by atoms with van der Waals surface area (Å²) in [4.78, 5) is 0. The topological polar surface area (TPSA) is 17.8 Å². The molecule has 2 aromatic rings. The number of alkyl halides is 1. The van der Waals surface area contributed by atoms with Crippen LogP contribution in [0.5, 0.6) is 0 Å². The lowest BCUT2D eigenvalue weighted by Gasteiger charge is -2.01. The minimum absolute atomic E-state index is 0.540. The highest BCUT2D eigenvalue weighted by atomic mass is 35.5. The summed E-state index contributed by atoms with van der Waals surface area (Å²) >= 11 is 5.72. The Bertz CT molecular complexity index is 423. The zero-order valence-electron chi connectivity index (χ0n) is 9.14. The van der Waals surface area contributed by atoms with E-state index in [2.05, 4.69) is 29.4 Å². The van der Waals surface area contributed by atoms with Crippen molar-refractivity contribution in [1.82, 2.24) is 9.78 Å². The molecule has 0 aliphatic rings. The maximum Gasteiger partial charge on any atom is 0.0533 e. The van der Waals surface area contributed by atoms with Crippen LogP contribution in [0.4, 0.5) is 0 Å². The fraction of sp³-hybridized carbons (Fsp3) is 0.308. The Morgan fingerprint density at radius 3 is 2.62 bits per heavy atom. The minimum Gasteiger partial charge on any atom is -0.272 e. The third-order valence-corrected chi connectivity index (χ3v) is 2.85. The quantitative estimate of drug-likeness (QED) is 0.727. The molecule has 0 fully saturated rings. The second-order valence-electron chi connectivity index (χ2n) is 3.83. The van der Waals surface area contributed by atoms with Crippen LogP contribution in [0.3, 0.4) is 0 Å². The maximum atomic E-state index is 5.72. The number of halogens is 1. The van der Waals surface area contributed by atoms with Gasteiger partial charge in [-0.05, 0) is 18.4 Å². The van der Waals surface area contributed by atoms with Gasteiger partial charge in [0.1, 0.15) is 0 Å². The van der Waals surface area contributed by atoms with E-state index in [0.717, 1.165) is 24.9 Å². The molecule has 0 saturated heterocycles. The van der Waals surface area contributed by atoms with Crippen molar-refractivity contribution in [1.29, 1.82) is 0 Å². The lowest BCUT2D eigenvalue weighted by atomic mass is 10.1. The van der Waals surface area contributed by atoms with E-state index in [9.17, 15) is 0 Å². The molecule has 16 heavy (non-hydrogen) atoms. The molecule has 0 unspecified atom stereocenters. The predicted octanol–water partition coefficient (Wildman–Crippen LogP) is 3.25. The van der Waals surface area contributed by atoms with Crippen LogP contribution in [0.25, 0.3) is 0 Å². The fourth-order valence-corrected chi connectivity index (χ4v) is 1.83. The zero-order chi connectivity index (χ0) is 11.2. The SMILES string of the molecule is ClCc1cnn(CCCc2ccccc2)c1. The summed E-state index contributed by atoms with van der Waals surface area (Å²) in [5.74, 6) is 0.540. The molecule has 0 aliphatic carbocycles. The molecule has 0 amide bonds. The molecule has 84 valence electrons. The van der Waals surface area contributed by atoms with E-state index in [0.29, 0.717) is 5.88 Å². The Morgan fingerprint density at radius 2 is 1.94 bits per heavy atom. The number of benzene rings is 1. The molecule has 3 heteroatoms. The smallest absolute Gasteiger partial charge is 0.0533 e. The van der Waals surface area contributed by atoms with Gasteiger partial charge < -0.3 is 0 Å². The van der Waals surface area contributed by atoms with Crippen LogP contribution in [0.1, 0.15) is 17.5 Å². The molecule has 0 spiro atoms. The molecule has 2 rings (SSSR count). The van der Waals surface area contributed by atoms with E-state index in [1.54, 1.807) is 0 Å². The molecule has 2 nitrogen and oxygen atoms in total. The second-order valence-corrected chi connectivity index (χ2v) is 4.10. The number of rotatable bonds is 5. The van der Waals surface area contributed by atoms with Crippen LogP contribution >= 0.6 is 11.6 Å². The second kappa shape index (κ2) is 5.71. The van der Waals surface area contributed by atoms with E-state index in [4.69, 9.17) is 11.6 Å². The molecule has 0 N–H and O–H groups in total. The van der Waals surface area contributed by atoms with E-state index in [-0.39, 0.29) is 0 Å². The van der Waals surface area contributed by atoms with Crippen LogP contribution < -0.4 is 0 Å². The summed E-state index contributed by atoms with van der Waals surface area (Å²) in [6.07, 6.45) is 6.04. The normalized spacial score (nSPS) is 10.6. The average molecular weight is 235 g/mol. The van der Waals surface area contributed by atoms with Crippen molar-refractivity contribution in [3.8, 4) is 0 Å². The minimum atomic E-state index is 0.540. The molecule has 0 radical (unpaired) electrons. The third kappa shape index (κ3) is 3.11. The Kier molecular flexibility index (Phi) is 4.00. The first-order chi connectivity index (χ1) is 7.88. The van der Waals surface area contributed by atoms with Gasteiger partial charge in [0.2, 0.25) is 0 Å². The monoisotopic (exact) mass is 234 g/mol. The van der Waals surface area contributed by atoms with E-state index < -0.39 is 0 Å². The summed E-state index contributed by atoms with van der Waals surface area (Å²) in [5.41, 5.74) is 2.47. The number of aromatic nitrogens is 2. The van der Waals surface area contributed by atoms with Gasteiger partial charge in [-0.1, -0.05) is 30.3 Å². The standard InChI is InChI=1S/C13H15ClN2/c14-9-13-10-15-16(11-13)8-4-7-12-5-2-1-3-6-12/h1-3,5-6,10-11H,4,7-9H2. The Balaban J connectivity index is 1.80. The molecular weight excluding hydrogens is 220 g/mol. The van der Waals surface area contributed by atoms with Crippen molar-refractivity contribution in [3.63, 3.8) is 0 Å². The predicted molar refractivity (Wildman–Crippen MR) is 66.5 cm³/mol. The summed E-state index contributed by atoms with van der Waals surface area (Å²) in [5, 5.41) is 4.25. The van der Waals surface area contributed by atoms with Crippen molar-refractivity contribution in [2.24, 2.45) is 0 Å². The Hall–Kier alpha value is -1.28. The van der Waals surface area contributed by atoms with Gasteiger partial charge >= 0.3 is 0 Å². The summed E-state index contributed by atoms with van der Waals surface area (Å²) in [6.45, 7) is 0.950. The number of aryl methyl sites for hydroxylation is 2.